The first-order valence-corrected chi connectivity index (χ1v) is 11.8. The summed E-state index contributed by atoms with van der Waals surface area (Å²) in [5, 5.41) is 23.8. The van der Waals surface area contributed by atoms with Gasteiger partial charge in [-0.1, -0.05) is 6.07 Å². The van der Waals surface area contributed by atoms with Gasteiger partial charge >= 0.3 is 0 Å². The highest BCUT2D eigenvalue weighted by atomic mass is 16.7. The molecule has 2 aliphatic heterocycles. The molecular formula is C26H22N4O10. The van der Waals surface area contributed by atoms with Crippen LogP contribution in [0, 0.1) is 26.1 Å². The maximum atomic E-state index is 13.9. The standard InChI is InChI=1S/C26H22N4O10/c1-37-19-12-11-18(22(38-2)23(19)39-3)21-20-24(40-28(21)16-5-4-6-17(13-16)30(35)36)26(32)27(25(20)31)14-7-9-15(10-8-14)29(33)34/h4-13,20-21,24H,1-3H3/t20-,21+,24+/m0/s1. The van der Waals surface area contributed by atoms with E-state index < -0.39 is 39.7 Å². The van der Waals surface area contributed by atoms with Crippen molar-refractivity contribution >= 4 is 34.6 Å². The summed E-state index contributed by atoms with van der Waals surface area (Å²) in [6.45, 7) is 0. The smallest absolute Gasteiger partial charge is 0.271 e. The predicted octanol–water partition coefficient (Wildman–Crippen LogP) is 3.58. The molecule has 0 spiro atoms. The Morgan fingerprint density at radius 3 is 2.05 bits per heavy atom. The van der Waals surface area contributed by atoms with Crippen LogP contribution in [-0.4, -0.2) is 49.1 Å². The molecule has 14 nitrogen and oxygen atoms in total. The zero-order valence-electron chi connectivity index (χ0n) is 21.4. The molecule has 14 heteroatoms. The SMILES string of the molecule is COc1ccc([C@@H]2[C@@H]3C(=O)N(c4ccc([N+](=O)[O-])cc4)C(=O)[C@@H]3ON2c2cccc([N+](=O)[O-])c2)c(OC)c1OC. The molecule has 206 valence electrons. The molecule has 2 fully saturated rings. The first-order chi connectivity index (χ1) is 19.2. The summed E-state index contributed by atoms with van der Waals surface area (Å²) in [6, 6.07) is 12.8. The summed E-state index contributed by atoms with van der Waals surface area (Å²) in [6.07, 6.45) is -1.30. The van der Waals surface area contributed by atoms with Crippen LogP contribution in [0.2, 0.25) is 0 Å². The van der Waals surface area contributed by atoms with Gasteiger partial charge in [-0.3, -0.25) is 34.7 Å². The third-order valence-electron chi connectivity index (χ3n) is 6.78. The van der Waals surface area contributed by atoms with Crippen molar-refractivity contribution < 1.29 is 38.5 Å². The monoisotopic (exact) mass is 550 g/mol. The number of carbonyl (C=O) groups excluding carboxylic acids is 2. The Balaban J connectivity index is 1.65. The van der Waals surface area contributed by atoms with Gasteiger partial charge in [0, 0.05) is 29.8 Å². The number of hydrogen-bond acceptors (Lipinski definition) is 11. The molecule has 40 heavy (non-hydrogen) atoms. The second-order valence-corrected chi connectivity index (χ2v) is 8.81. The number of hydrogen-bond donors (Lipinski definition) is 0. The van der Waals surface area contributed by atoms with Crippen LogP contribution < -0.4 is 24.2 Å². The number of anilines is 2. The molecule has 0 N–H and O–H groups in total. The van der Waals surface area contributed by atoms with Crippen LogP contribution >= 0.6 is 0 Å². The minimum absolute atomic E-state index is 0.138. The Morgan fingerprint density at radius 1 is 0.775 bits per heavy atom. The highest BCUT2D eigenvalue weighted by molar-refractivity contribution is 6.24. The maximum absolute atomic E-state index is 13.9. The van der Waals surface area contributed by atoms with Crippen LogP contribution in [0.5, 0.6) is 17.2 Å². The second kappa shape index (κ2) is 10.1. The number of hydroxylamine groups is 1. The van der Waals surface area contributed by atoms with Crippen LogP contribution in [0.1, 0.15) is 11.6 Å². The minimum atomic E-state index is -1.30. The Bertz CT molecular complexity index is 1530. The Morgan fingerprint density at radius 2 is 1.45 bits per heavy atom. The number of amides is 2. The topological polar surface area (TPSA) is 164 Å². The largest absolute Gasteiger partial charge is 0.493 e. The van der Waals surface area contributed by atoms with Crippen LogP contribution in [0.4, 0.5) is 22.7 Å². The van der Waals surface area contributed by atoms with Crippen LogP contribution in [0.3, 0.4) is 0 Å². The van der Waals surface area contributed by atoms with Gasteiger partial charge in [0.1, 0.15) is 12.0 Å². The molecule has 0 saturated carbocycles. The normalized spacial score (nSPS) is 19.9. The second-order valence-electron chi connectivity index (χ2n) is 8.81. The van der Waals surface area contributed by atoms with E-state index >= 15 is 0 Å². The average Bonchev–Trinajstić information content (AvgIpc) is 3.47. The maximum Gasteiger partial charge on any atom is 0.271 e. The van der Waals surface area contributed by atoms with Crippen molar-refractivity contribution in [1.82, 2.24) is 0 Å². The van der Waals surface area contributed by atoms with E-state index in [0.717, 1.165) is 4.90 Å². The number of benzene rings is 3. The molecule has 3 aromatic rings. The summed E-state index contributed by atoms with van der Waals surface area (Å²) in [5.74, 6) is -1.65. The fourth-order valence-corrected chi connectivity index (χ4v) is 5.03. The fraction of sp³-hybridized carbons (Fsp3) is 0.231. The lowest BCUT2D eigenvalue weighted by Gasteiger charge is -2.30. The number of ether oxygens (including phenoxy) is 3. The van der Waals surface area contributed by atoms with Crippen LogP contribution in [0.25, 0.3) is 0 Å². The summed E-state index contributed by atoms with van der Waals surface area (Å²) < 4.78 is 16.5. The van der Waals surface area contributed by atoms with Gasteiger partial charge in [-0.25, -0.2) is 9.96 Å². The van der Waals surface area contributed by atoms with Crippen molar-refractivity contribution in [2.24, 2.45) is 5.92 Å². The molecule has 3 aromatic carbocycles. The summed E-state index contributed by atoms with van der Waals surface area (Å²) in [7, 11) is 4.26. The fourth-order valence-electron chi connectivity index (χ4n) is 5.03. The van der Waals surface area contributed by atoms with Crippen molar-refractivity contribution in [2.45, 2.75) is 12.1 Å². The molecule has 0 radical (unpaired) electrons. The van der Waals surface area contributed by atoms with E-state index in [9.17, 15) is 29.8 Å². The number of rotatable bonds is 8. The van der Waals surface area contributed by atoms with Gasteiger partial charge in [0.25, 0.3) is 17.3 Å². The van der Waals surface area contributed by atoms with Crippen LogP contribution in [0.15, 0.2) is 60.7 Å². The quantitative estimate of drug-likeness (QED) is 0.229. The number of nitrogens with zero attached hydrogens (tertiary/aromatic N) is 4. The lowest BCUT2D eigenvalue weighted by Crippen LogP contribution is -2.37. The Labute approximate surface area is 226 Å². The third-order valence-corrected chi connectivity index (χ3v) is 6.78. The number of imide groups is 1. The van der Waals surface area contributed by atoms with E-state index in [1.54, 1.807) is 18.2 Å². The highest BCUT2D eigenvalue weighted by Gasteiger charge is 2.61. The summed E-state index contributed by atoms with van der Waals surface area (Å²) >= 11 is 0. The van der Waals surface area contributed by atoms with Gasteiger partial charge in [-0.05, 0) is 30.3 Å². The molecule has 0 aliphatic carbocycles. The summed E-state index contributed by atoms with van der Waals surface area (Å²) in [5.41, 5.74) is 0.336. The van der Waals surface area contributed by atoms with Gasteiger partial charge in [0.2, 0.25) is 11.7 Å². The van der Waals surface area contributed by atoms with Crippen molar-refractivity contribution in [3.8, 4) is 17.2 Å². The van der Waals surface area contributed by atoms with Crippen molar-refractivity contribution in [3.05, 3.63) is 86.5 Å². The van der Waals surface area contributed by atoms with E-state index in [2.05, 4.69) is 0 Å². The number of fused-ring (bicyclic) bond motifs is 1. The Hall–Kier alpha value is -5.24. The molecule has 2 amide bonds. The molecule has 2 aliphatic rings. The molecule has 2 saturated heterocycles. The molecule has 3 atom stereocenters. The Kier molecular flexibility index (Phi) is 6.69. The average molecular weight is 550 g/mol. The number of methoxy groups -OCH3 is 3. The number of carbonyl (C=O) groups is 2. The van der Waals surface area contributed by atoms with Crippen molar-refractivity contribution in [1.29, 1.82) is 0 Å². The van der Waals surface area contributed by atoms with Gasteiger partial charge in [-0.15, -0.1) is 0 Å². The van der Waals surface area contributed by atoms with Crippen molar-refractivity contribution in [3.63, 3.8) is 0 Å². The zero-order chi connectivity index (χ0) is 28.7. The first kappa shape index (κ1) is 26.4. The number of nitro benzene ring substituents is 2. The van der Waals surface area contributed by atoms with Gasteiger partial charge < -0.3 is 14.2 Å². The highest BCUT2D eigenvalue weighted by Crippen LogP contribution is 2.52. The van der Waals surface area contributed by atoms with Gasteiger partial charge in [0.05, 0.1) is 42.6 Å². The lowest BCUT2D eigenvalue weighted by atomic mass is 9.89. The van der Waals surface area contributed by atoms with Crippen LogP contribution in [-0.2, 0) is 14.4 Å². The summed E-state index contributed by atoms with van der Waals surface area (Å²) in [4.78, 5) is 55.8. The zero-order valence-corrected chi connectivity index (χ0v) is 21.4. The molecule has 2 heterocycles. The first-order valence-electron chi connectivity index (χ1n) is 11.8. The number of nitro groups is 2. The molecule has 0 aromatic heterocycles. The van der Waals surface area contributed by atoms with E-state index in [0.29, 0.717) is 11.3 Å². The van der Waals surface area contributed by atoms with Crippen molar-refractivity contribution in [2.75, 3.05) is 31.3 Å². The molecule has 5 rings (SSSR count). The van der Waals surface area contributed by atoms with Gasteiger partial charge in [0.15, 0.2) is 17.6 Å². The van der Waals surface area contributed by atoms with E-state index in [-0.39, 0.29) is 34.2 Å². The van der Waals surface area contributed by atoms with E-state index in [1.165, 1.54) is 68.9 Å². The predicted molar refractivity (Wildman–Crippen MR) is 138 cm³/mol. The van der Waals surface area contributed by atoms with E-state index in [1.807, 2.05) is 0 Å². The molecule has 0 bridgehead atoms. The van der Waals surface area contributed by atoms with Gasteiger partial charge in [-0.2, -0.15) is 0 Å². The molecule has 0 unspecified atom stereocenters. The number of non-ortho nitro benzene ring substituents is 2. The third kappa shape index (κ3) is 4.10. The minimum Gasteiger partial charge on any atom is -0.493 e. The van der Waals surface area contributed by atoms with E-state index in [4.69, 9.17) is 19.0 Å². The lowest BCUT2D eigenvalue weighted by molar-refractivity contribution is -0.385. The molecular weight excluding hydrogens is 528 g/mol.